The Morgan fingerprint density at radius 2 is 2.00 bits per heavy atom. The van der Waals surface area contributed by atoms with Gasteiger partial charge >= 0.3 is 0 Å². The first kappa shape index (κ1) is 7.15. The van der Waals surface area contributed by atoms with Crippen molar-refractivity contribution in [1.29, 1.82) is 0 Å². The van der Waals surface area contributed by atoms with Crippen LogP contribution in [-0.4, -0.2) is 0 Å². The van der Waals surface area contributed by atoms with Gasteiger partial charge < -0.3 is 0 Å². The number of benzene rings is 1. The topological polar surface area (TPSA) is 0 Å². The van der Waals surface area contributed by atoms with Gasteiger partial charge in [0.25, 0.3) is 0 Å². The molecule has 1 aromatic rings. The van der Waals surface area contributed by atoms with Crippen molar-refractivity contribution in [3.63, 3.8) is 0 Å². The van der Waals surface area contributed by atoms with E-state index in [1.54, 1.807) is 0 Å². The van der Waals surface area contributed by atoms with Crippen molar-refractivity contribution in [1.82, 2.24) is 0 Å². The maximum Gasteiger partial charge on any atom is -0.0104 e. The zero-order chi connectivity index (χ0) is 8.39. The molecular weight excluding hydrogens is 144 g/mol. The molecule has 0 bridgehead atoms. The Morgan fingerprint density at radius 1 is 1.17 bits per heavy atom. The summed E-state index contributed by atoms with van der Waals surface area (Å²) in [5, 5.41) is 0. The average Bonchev–Trinajstić information content (AvgIpc) is 2.29. The predicted molar refractivity (Wildman–Crippen MR) is 52.6 cm³/mol. The molecule has 12 heavy (non-hydrogen) atoms. The summed E-state index contributed by atoms with van der Waals surface area (Å²) in [6, 6.07) is 8.36. The molecule has 0 aliphatic heterocycles. The molecule has 2 rings (SSSR count). The fraction of sp³-hybridized carbons (Fsp3) is 0.0833. The van der Waals surface area contributed by atoms with Crippen molar-refractivity contribution in [3.05, 3.63) is 53.3 Å². The second-order valence-electron chi connectivity index (χ2n) is 2.91. The number of rotatable bonds is 0. The summed E-state index contributed by atoms with van der Waals surface area (Å²) >= 11 is 0. The molecule has 0 fully saturated rings. The highest BCUT2D eigenvalue weighted by atomic mass is 14.0. The van der Waals surface area contributed by atoms with Crippen molar-refractivity contribution >= 4 is 11.6 Å². The Kier molecular flexibility index (Phi) is 1.69. The fourth-order valence-electron chi connectivity index (χ4n) is 1.38. The molecule has 1 aliphatic carbocycles. The lowest BCUT2D eigenvalue weighted by molar-refractivity contribution is 1.54. The van der Waals surface area contributed by atoms with Crippen LogP contribution in [-0.2, 0) is 0 Å². The van der Waals surface area contributed by atoms with Crippen molar-refractivity contribution < 1.29 is 0 Å². The summed E-state index contributed by atoms with van der Waals surface area (Å²) in [5.74, 6) is 0. The van der Waals surface area contributed by atoms with Gasteiger partial charge in [0.1, 0.15) is 0 Å². The van der Waals surface area contributed by atoms with Crippen molar-refractivity contribution in [2.45, 2.75) is 6.92 Å². The summed E-state index contributed by atoms with van der Waals surface area (Å²) in [7, 11) is 0. The summed E-state index contributed by atoms with van der Waals surface area (Å²) in [5.41, 5.74) is 6.96. The van der Waals surface area contributed by atoms with Crippen LogP contribution in [0.3, 0.4) is 0 Å². The normalized spacial score (nSPS) is 13.6. The third-order valence-corrected chi connectivity index (χ3v) is 2.05. The minimum Gasteiger partial charge on any atom is -0.120 e. The zero-order valence-corrected chi connectivity index (χ0v) is 7.04. The number of hydrogen-bond donors (Lipinski definition) is 0. The van der Waals surface area contributed by atoms with Gasteiger partial charge in [-0.15, -0.1) is 5.73 Å². The van der Waals surface area contributed by atoms with E-state index in [-0.39, 0.29) is 0 Å². The lowest BCUT2D eigenvalue weighted by Gasteiger charge is -2.02. The molecule has 0 radical (unpaired) electrons. The van der Waals surface area contributed by atoms with Crippen molar-refractivity contribution in [3.8, 4) is 0 Å². The molecule has 0 saturated carbocycles. The number of allylic oxidation sites excluding steroid dienone is 3. The second kappa shape index (κ2) is 2.84. The third-order valence-electron chi connectivity index (χ3n) is 2.05. The lowest BCUT2D eigenvalue weighted by Crippen LogP contribution is -1.82. The van der Waals surface area contributed by atoms with E-state index in [9.17, 15) is 0 Å². The Labute approximate surface area is 72.5 Å². The summed E-state index contributed by atoms with van der Waals surface area (Å²) in [6.07, 6.45) is 6.06. The maximum atomic E-state index is 3.11. The Balaban J connectivity index is 2.70. The molecule has 0 saturated heterocycles. The molecule has 58 valence electrons. The predicted octanol–water partition coefficient (Wildman–Crippen LogP) is 3.27. The third kappa shape index (κ3) is 1.13. The average molecular weight is 154 g/mol. The molecule has 0 heterocycles. The Bertz CT molecular complexity index is 388. The van der Waals surface area contributed by atoms with Crippen molar-refractivity contribution in [2.24, 2.45) is 0 Å². The molecule has 1 aromatic carbocycles. The van der Waals surface area contributed by atoms with Crippen LogP contribution in [0.2, 0.25) is 0 Å². The molecule has 0 atom stereocenters. The monoisotopic (exact) mass is 154 g/mol. The van der Waals surface area contributed by atoms with Gasteiger partial charge in [0, 0.05) is 0 Å². The van der Waals surface area contributed by atoms with Crippen LogP contribution in [0, 0.1) is 0 Å². The highest BCUT2D eigenvalue weighted by Crippen LogP contribution is 2.21. The first-order valence-electron chi connectivity index (χ1n) is 4.07. The van der Waals surface area contributed by atoms with Crippen LogP contribution in [0.15, 0.2) is 42.1 Å². The number of hydrogen-bond acceptors (Lipinski definition) is 0. The van der Waals surface area contributed by atoms with Gasteiger partial charge in [-0.1, -0.05) is 30.3 Å². The highest BCUT2D eigenvalue weighted by molar-refractivity contribution is 5.75. The van der Waals surface area contributed by atoms with E-state index in [0.717, 1.165) is 0 Å². The second-order valence-corrected chi connectivity index (χ2v) is 2.91. The largest absolute Gasteiger partial charge is 0.120 e. The summed E-state index contributed by atoms with van der Waals surface area (Å²) < 4.78 is 0. The van der Waals surface area contributed by atoms with E-state index >= 15 is 0 Å². The summed E-state index contributed by atoms with van der Waals surface area (Å²) in [6.45, 7) is 2.12. The van der Waals surface area contributed by atoms with Crippen LogP contribution < -0.4 is 0 Å². The van der Waals surface area contributed by atoms with Gasteiger partial charge in [0.05, 0.1) is 0 Å². The molecule has 0 spiro atoms. The maximum absolute atomic E-state index is 3.11. The van der Waals surface area contributed by atoms with Crippen LogP contribution in [0.4, 0.5) is 0 Å². The molecule has 0 N–H and O–H groups in total. The molecule has 0 aromatic heterocycles. The first-order chi connectivity index (χ1) is 5.88. The van der Waals surface area contributed by atoms with E-state index in [2.05, 4.69) is 43.0 Å². The summed E-state index contributed by atoms with van der Waals surface area (Å²) in [4.78, 5) is 0. The molecular formula is C12H10. The highest BCUT2D eigenvalue weighted by Gasteiger charge is 2.00. The number of fused-ring (bicyclic) bond motifs is 1. The minimum absolute atomic E-state index is 1.25. The SMILES string of the molecule is CC1=CC=C=Cc2ccccc21. The Hall–Kier alpha value is -1.52. The van der Waals surface area contributed by atoms with Gasteiger partial charge in [-0.3, -0.25) is 0 Å². The van der Waals surface area contributed by atoms with E-state index in [1.807, 2.05) is 12.2 Å². The van der Waals surface area contributed by atoms with Gasteiger partial charge in [-0.2, -0.15) is 0 Å². The fourth-order valence-corrected chi connectivity index (χ4v) is 1.38. The van der Waals surface area contributed by atoms with E-state index in [1.165, 1.54) is 16.7 Å². The first-order valence-corrected chi connectivity index (χ1v) is 4.07. The van der Waals surface area contributed by atoms with Crippen molar-refractivity contribution in [2.75, 3.05) is 0 Å². The Morgan fingerprint density at radius 3 is 2.92 bits per heavy atom. The van der Waals surface area contributed by atoms with Gasteiger partial charge in [-0.05, 0) is 35.8 Å². The molecule has 0 nitrogen and oxygen atoms in total. The van der Waals surface area contributed by atoms with E-state index in [4.69, 9.17) is 0 Å². The molecule has 0 heteroatoms. The van der Waals surface area contributed by atoms with Gasteiger partial charge in [-0.25, -0.2) is 0 Å². The molecule has 1 aliphatic rings. The lowest BCUT2D eigenvalue weighted by atomic mass is 10.0. The zero-order valence-electron chi connectivity index (χ0n) is 7.04. The van der Waals surface area contributed by atoms with Gasteiger partial charge in [0.15, 0.2) is 0 Å². The van der Waals surface area contributed by atoms with Gasteiger partial charge in [0.2, 0.25) is 0 Å². The molecule has 0 unspecified atom stereocenters. The van der Waals surface area contributed by atoms with Crippen LogP contribution >= 0.6 is 0 Å². The van der Waals surface area contributed by atoms with Crippen LogP contribution in [0.25, 0.3) is 11.6 Å². The van der Waals surface area contributed by atoms with E-state index < -0.39 is 0 Å². The smallest absolute Gasteiger partial charge is 0.0104 e. The quantitative estimate of drug-likeness (QED) is 0.503. The standard InChI is InChI=1S/C12H10/c1-10-6-2-3-7-11-8-4-5-9-12(10)11/h2,4-9H,1H3. The van der Waals surface area contributed by atoms with E-state index in [0.29, 0.717) is 0 Å². The minimum atomic E-state index is 1.25. The van der Waals surface area contributed by atoms with Crippen LogP contribution in [0.5, 0.6) is 0 Å². The molecule has 0 amide bonds. The van der Waals surface area contributed by atoms with Crippen LogP contribution in [0.1, 0.15) is 18.1 Å².